The molecule has 0 saturated heterocycles. The van der Waals surface area contributed by atoms with Crippen LogP contribution >= 0.6 is 0 Å². The third-order valence-corrected chi connectivity index (χ3v) is 2.44. The lowest BCUT2D eigenvalue weighted by molar-refractivity contribution is -0.148. The van der Waals surface area contributed by atoms with Crippen LogP contribution in [0.4, 0.5) is 8.78 Å². The molecule has 7 heteroatoms. The van der Waals surface area contributed by atoms with Crippen LogP contribution in [0.2, 0.25) is 0 Å². The van der Waals surface area contributed by atoms with Gasteiger partial charge < -0.3 is 4.74 Å². The summed E-state index contributed by atoms with van der Waals surface area (Å²) in [7, 11) is -4.52. The third kappa shape index (κ3) is 3.67. The van der Waals surface area contributed by atoms with Gasteiger partial charge in [-0.3, -0.25) is 4.79 Å². The summed E-state index contributed by atoms with van der Waals surface area (Å²) in [5.41, 5.74) is 0. The molecule has 0 aliphatic carbocycles. The Balaban J connectivity index is 4.29. The summed E-state index contributed by atoms with van der Waals surface area (Å²) in [5.74, 6) is -0.858. The summed E-state index contributed by atoms with van der Waals surface area (Å²) < 4.78 is 50.0. The van der Waals surface area contributed by atoms with Gasteiger partial charge in [-0.15, -0.1) is 0 Å². The van der Waals surface area contributed by atoms with Crippen LogP contribution in [-0.2, 0) is 19.4 Å². The van der Waals surface area contributed by atoms with E-state index in [2.05, 4.69) is 4.74 Å². The Morgan fingerprint density at radius 3 is 2.23 bits per heavy atom. The number of hydrogen-bond donors (Lipinski definition) is 0. The zero-order valence-corrected chi connectivity index (χ0v) is 8.03. The van der Waals surface area contributed by atoms with Gasteiger partial charge in [0.1, 0.15) is 0 Å². The molecule has 0 atom stereocenters. The maximum absolute atomic E-state index is 12.6. The lowest BCUT2D eigenvalue weighted by Gasteiger charge is -2.13. The SMILES string of the molecule is CCC(=O)OCC(F)(F)S(C)(=O)=O. The summed E-state index contributed by atoms with van der Waals surface area (Å²) in [5, 5.41) is -4.00. The van der Waals surface area contributed by atoms with Crippen molar-refractivity contribution in [3.63, 3.8) is 0 Å². The van der Waals surface area contributed by atoms with Gasteiger partial charge in [0.2, 0.25) is 9.84 Å². The standard InChI is InChI=1S/C6H10F2O4S/c1-3-5(9)12-4-6(7,8)13(2,10)11/h3-4H2,1-2H3. The van der Waals surface area contributed by atoms with Gasteiger partial charge in [0.25, 0.3) is 0 Å². The predicted octanol–water partition coefficient (Wildman–Crippen LogP) is 0.577. The largest absolute Gasteiger partial charge is 0.458 e. The van der Waals surface area contributed by atoms with Crippen molar-refractivity contribution in [2.75, 3.05) is 12.9 Å². The minimum absolute atomic E-state index is 0.0696. The van der Waals surface area contributed by atoms with Crippen LogP contribution in [-0.4, -0.2) is 32.5 Å². The maximum Gasteiger partial charge on any atom is 0.378 e. The predicted molar refractivity (Wildman–Crippen MR) is 41.0 cm³/mol. The van der Waals surface area contributed by atoms with E-state index in [1.807, 2.05) is 0 Å². The number of esters is 1. The average molecular weight is 216 g/mol. The molecule has 13 heavy (non-hydrogen) atoms. The molecule has 0 aliphatic heterocycles. The van der Waals surface area contributed by atoms with Crippen LogP contribution in [0.1, 0.15) is 13.3 Å². The van der Waals surface area contributed by atoms with E-state index < -0.39 is 27.7 Å². The Kier molecular flexibility index (Phi) is 3.77. The fourth-order valence-corrected chi connectivity index (χ4v) is 0.647. The van der Waals surface area contributed by atoms with Gasteiger partial charge in [0.05, 0.1) is 0 Å². The van der Waals surface area contributed by atoms with Crippen LogP contribution in [0.5, 0.6) is 0 Å². The first-order chi connectivity index (χ1) is 5.70. The van der Waals surface area contributed by atoms with E-state index in [0.717, 1.165) is 0 Å². The van der Waals surface area contributed by atoms with Crippen molar-refractivity contribution in [1.29, 1.82) is 0 Å². The number of rotatable bonds is 4. The first-order valence-corrected chi connectivity index (χ1v) is 5.33. The van der Waals surface area contributed by atoms with Gasteiger partial charge in [-0.2, -0.15) is 8.78 Å². The molecule has 0 radical (unpaired) electrons. The van der Waals surface area contributed by atoms with Crippen molar-refractivity contribution in [2.24, 2.45) is 0 Å². The van der Waals surface area contributed by atoms with E-state index in [1.54, 1.807) is 0 Å². The van der Waals surface area contributed by atoms with Crippen LogP contribution in [0.15, 0.2) is 0 Å². The quantitative estimate of drug-likeness (QED) is 0.645. The molecule has 0 fully saturated rings. The van der Waals surface area contributed by atoms with E-state index in [0.29, 0.717) is 6.26 Å². The monoisotopic (exact) mass is 216 g/mol. The van der Waals surface area contributed by atoms with Gasteiger partial charge in [-0.1, -0.05) is 6.92 Å². The highest BCUT2D eigenvalue weighted by molar-refractivity contribution is 7.91. The number of alkyl halides is 2. The summed E-state index contributed by atoms with van der Waals surface area (Å²) in [6, 6.07) is 0. The van der Waals surface area contributed by atoms with Crippen molar-refractivity contribution in [2.45, 2.75) is 18.6 Å². The maximum atomic E-state index is 12.6. The van der Waals surface area contributed by atoms with E-state index >= 15 is 0 Å². The molecule has 0 saturated carbocycles. The number of sulfone groups is 1. The zero-order chi connectivity index (χ0) is 10.7. The molecule has 0 heterocycles. The molecule has 0 amide bonds. The number of carbonyl (C=O) groups is 1. The molecule has 4 nitrogen and oxygen atoms in total. The molecular formula is C6H10F2O4S. The molecule has 0 aliphatic rings. The molecule has 0 rings (SSSR count). The van der Waals surface area contributed by atoms with Gasteiger partial charge in [0.15, 0.2) is 6.61 Å². The molecule has 0 aromatic rings. The second-order valence-corrected chi connectivity index (χ2v) is 4.57. The lowest BCUT2D eigenvalue weighted by Crippen LogP contribution is -2.34. The van der Waals surface area contributed by atoms with Crippen molar-refractivity contribution in [3.8, 4) is 0 Å². The van der Waals surface area contributed by atoms with Crippen LogP contribution < -0.4 is 0 Å². The molecule has 78 valence electrons. The second-order valence-electron chi connectivity index (χ2n) is 2.42. The molecule has 0 unspecified atom stereocenters. The van der Waals surface area contributed by atoms with Crippen LogP contribution in [0.25, 0.3) is 0 Å². The molecule has 0 spiro atoms. The first-order valence-electron chi connectivity index (χ1n) is 3.43. The van der Waals surface area contributed by atoms with E-state index in [4.69, 9.17) is 0 Å². The number of hydrogen-bond acceptors (Lipinski definition) is 4. The van der Waals surface area contributed by atoms with Crippen molar-refractivity contribution >= 4 is 15.8 Å². The summed E-state index contributed by atoms with van der Waals surface area (Å²) in [6.45, 7) is -0.000567. The van der Waals surface area contributed by atoms with E-state index in [1.165, 1.54) is 6.92 Å². The average Bonchev–Trinajstić information content (AvgIpc) is 1.98. The molecular weight excluding hydrogens is 206 g/mol. The van der Waals surface area contributed by atoms with E-state index in [9.17, 15) is 22.0 Å². The smallest absolute Gasteiger partial charge is 0.378 e. The first kappa shape index (κ1) is 12.3. The second kappa shape index (κ2) is 3.99. The zero-order valence-electron chi connectivity index (χ0n) is 7.21. The Hall–Kier alpha value is -0.720. The van der Waals surface area contributed by atoms with Gasteiger partial charge in [0, 0.05) is 12.7 Å². The number of halogens is 2. The Bertz CT molecular complexity index is 283. The van der Waals surface area contributed by atoms with Gasteiger partial charge >= 0.3 is 11.2 Å². The molecule has 0 aromatic heterocycles. The normalized spacial score (nSPS) is 12.6. The molecule has 0 aromatic carbocycles. The van der Waals surface area contributed by atoms with Crippen LogP contribution in [0, 0.1) is 0 Å². The minimum Gasteiger partial charge on any atom is -0.458 e. The highest BCUT2D eigenvalue weighted by atomic mass is 32.2. The van der Waals surface area contributed by atoms with E-state index in [-0.39, 0.29) is 6.42 Å². The third-order valence-electron chi connectivity index (χ3n) is 1.23. The Morgan fingerprint density at radius 1 is 1.46 bits per heavy atom. The summed E-state index contributed by atoms with van der Waals surface area (Å²) in [4.78, 5) is 10.4. The molecule has 0 N–H and O–H groups in total. The summed E-state index contributed by atoms with van der Waals surface area (Å²) >= 11 is 0. The minimum atomic E-state index is -4.52. The van der Waals surface area contributed by atoms with Crippen molar-refractivity contribution in [1.82, 2.24) is 0 Å². The van der Waals surface area contributed by atoms with Gasteiger partial charge in [-0.05, 0) is 0 Å². The fourth-order valence-electron chi connectivity index (χ4n) is 0.374. The Labute approximate surface area is 74.8 Å². The number of ether oxygens (including phenoxy) is 1. The molecule has 0 bridgehead atoms. The van der Waals surface area contributed by atoms with Crippen LogP contribution in [0.3, 0.4) is 0 Å². The highest BCUT2D eigenvalue weighted by Gasteiger charge is 2.42. The summed E-state index contributed by atoms with van der Waals surface area (Å²) in [6.07, 6.45) is 0.312. The topological polar surface area (TPSA) is 60.4 Å². The fraction of sp³-hybridized carbons (Fsp3) is 0.833. The lowest BCUT2D eigenvalue weighted by atomic mass is 10.5. The van der Waals surface area contributed by atoms with Crippen molar-refractivity contribution < 1.29 is 26.7 Å². The number of carbonyl (C=O) groups excluding carboxylic acids is 1. The van der Waals surface area contributed by atoms with Crippen molar-refractivity contribution in [3.05, 3.63) is 0 Å². The highest BCUT2D eigenvalue weighted by Crippen LogP contribution is 2.20. The van der Waals surface area contributed by atoms with Gasteiger partial charge in [-0.25, -0.2) is 8.42 Å². The Morgan fingerprint density at radius 2 is 1.92 bits per heavy atom.